The van der Waals surface area contributed by atoms with E-state index < -0.39 is 0 Å². The highest BCUT2D eigenvalue weighted by atomic mass is 19.1. The Kier molecular flexibility index (Phi) is 5.08. The normalized spacial score (nSPS) is 22.4. The molecular weight excluding hydrogens is 293 g/mol. The van der Waals surface area contributed by atoms with E-state index in [4.69, 9.17) is 4.74 Å². The molecule has 1 saturated heterocycles. The molecule has 0 aliphatic carbocycles. The van der Waals surface area contributed by atoms with Crippen LogP contribution in [0.4, 0.5) is 4.39 Å². The zero-order chi connectivity index (χ0) is 16.2. The topological polar surface area (TPSA) is 39.1 Å². The van der Waals surface area contributed by atoms with Gasteiger partial charge in [0.25, 0.3) is 0 Å². The molecule has 0 radical (unpaired) electrons. The highest BCUT2D eigenvalue weighted by Gasteiger charge is 2.30. The molecule has 1 aromatic carbocycles. The van der Waals surface area contributed by atoms with Crippen LogP contribution in [0.1, 0.15) is 43.5 Å². The summed E-state index contributed by atoms with van der Waals surface area (Å²) in [5, 5.41) is 7.86. The maximum Gasteiger partial charge on any atom is 0.123 e. The Morgan fingerprint density at radius 2 is 2.35 bits per heavy atom. The van der Waals surface area contributed by atoms with Crippen molar-refractivity contribution in [3.05, 3.63) is 53.6 Å². The predicted octanol–water partition coefficient (Wildman–Crippen LogP) is 3.47. The minimum absolute atomic E-state index is 0.0995. The molecule has 1 aliphatic heterocycles. The maximum absolute atomic E-state index is 13.3. The maximum atomic E-state index is 13.3. The van der Waals surface area contributed by atoms with Crippen molar-refractivity contribution in [2.24, 2.45) is 5.92 Å². The monoisotopic (exact) mass is 317 g/mol. The number of ether oxygens (including phenoxy) is 1. The molecule has 124 valence electrons. The van der Waals surface area contributed by atoms with Crippen LogP contribution in [-0.4, -0.2) is 22.9 Å². The van der Waals surface area contributed by atoms with Crippen LogP contribution in [-0.2, 0) is 11.3 Å². The van der Waals surface area contributed by atoms with E-state index in [0.29, 0.717) is 5.92 Å². The van der Waals surface area contributed by atoms with E-state index in [1.165, 1.54) is 6.07 Å². The first kappa shape index (κ1) is 16.1. The summed E-state index contributed by atoms with van der Waals surface area (Å²) in [5.74, 6) is 0.228. The fourth-order valence-corrected chi connectivity index (χ4v) is 3.13. The number of aryl methyl sites for hydroxylation is 1. The lowest BCUT2D eigenvalue weighted by Gasteiger charge is -2.21. The van der Waals surface area contributed by atoms with E-state index in [1.807, 2.05) is 16.9 Å². The van der Waals surface area contributed by atoms with E-state index in [9.17, 15) is 4.39 Å². The number of benzene rings is 1. The summed E-state index contributed by atoms with van der Waals surface area (Å²) in [5.41, 5.74) is 2.12. The lowest BCUT2D eigenvalue weighted by atomic mass is 9.96. The highest BCUT2D eigenvalue weighted by molar-refractivity contribution is 5.19. The standard InChI is InChI=1S/C18H24FN3O/c1-3-22-12-16(11-21-22)18-15(7-8-23-18)10-20-13(2)14-5-4-6-17(19)9-14/h4-6,9,11-13,15,18,20H,3,7-8,10H2,1-2H3/t13-,15+,18-/m1/s1. The third kappa shape index (κ3) is 3.79. The zero-order valence-corrected chi connectivity index (χ0v) is 13.7. The Labute approximate surface area is 136 Å². The number of hydrogen-bond acceptors (Lipinski definition) is 3. The molecule has 0 bridgehead atoms. The molecule has 3 rings (SSSR count). The van der Waals surface area contributed by atoms with Crippen LogP contribution >= 0.6 is 0 Å². The first-order valence-corrected chi connectivity index (χ1v) is 8.30. The van der Waals surface area contributed by atoms with Crippen molar-refractivity contribution < 1.29 is 9.13 Å². The Balaban J connectivity index is 1.60. The number of nitrogens with zero attached hydrogens (tertiary/aromatic N) is 2. The Bertz CT molecular complexity index is 643. The second kappa shape index (κ2) is 7.23. The number of aromatic nitrogens is 2. The molecule has 0 saturated carbocycles. The number of nitrogens with one attached hydrogen (secondary N) is 1. The second-order valence-corrected chi connectivity index (χ2v) is 6.15. The van der Waals surface area contributed by atoms with E-state index >= 15 is 0 Å². The molecule has 1 N–H and O–H groups in total. The summed E-state index contributed by atoms with van der Waals surface area (Å²) in [6.07, 6.45) is 5.11. The van der Waals surface area contributed by atoms with Gasteiger partial charge in [0, 0.05) is 43.4 Å². The Morgan fingerprint density at radius 1 is 1.48 bits per heavy atom. The van der Waals surface area contributed by atoms with Crippen LogP contribution in [0.3, 0.4) is 0 Å². The van der Waals surface area contributed by atoms with E-state index in [2.05, 4.69) is 30.5 Å². The molecule has 1 aromatic heterocycles. The summed E-state index contributed by atoms with van der Waals surface area (Å²) >= 11 is 0. The van der Waals surface area contributed by atoms with E-state index in [-0.39, 0.29) is 18.0 Å². The van der Waals surface area contributed by atoms with Crippen LogP contribution in [0.25, 0.3) is 0 Å². The van der Waals surface area contributed by atoms with E-state index in [1.54, 1.807) is 12.1 Å². The number of rotatable bonds is 6. The van der Waals surface area contributed by atoms with Gasteiger partial charge in [-0.2, -0.15) is 5.10 Å². The molecular formula is C18H24FN3O. The quantitative estimate of drug-likeness (QED) is 0.886. The van der Waals surface area contributed by atoms with Crippen molar-refractivity contribution in [1.82, 2.24) is 15.1 Å². The van der Waals surface area contributed by atoms with Gasteiger partial charge in [0.1, 0.15) is 5.82 Å². The van der Waals surface area contributed by atoms with Gasteiger partial charge in [-0.25, -0.2) is 4.39 Å². The average molecular weight is 317 g/mol. The van der Waals surface area contributed by atoms with Crippen molar-refractivity contribution in [2.45, 2.75) is 39.0 Å². The third-order valence-electron chi connectivity index (χ3n) is 4.55. The minimum Gasteiger partial charge on any atom is -0.373 e. The fraction of sp³-hybridized carbons (Fsp3) is 0.500. The van der Waals surface area contributed by atoms with Crippen LogP contribution in [0.5, 0.6) is 0 Å². The average Bonchev–Trinajstić information content (AvgIpc) is 3.21. The van der Waals surface area contributed by atoms with Crippen molar-refractivity contribution in [3.8, 4) is 0 Å². The number of hydrogen-bond donors (Lipinski definition) is 1. The molecule has 3 atom stereocenters. The predicted molar refractivity (Wildman–Crippen MR) is 87.5 cm³/mol. The Morgan fingerprint density at radius 3 is 3.09 bits per heavy atom. The second-order valence-electron chi connectivity index (χ2n) is 6.15. The van der Waals surface area contributed by atoms with Crippen LogP contribution in [0, 0.1) is 11.7 Å². The molecule has 1 aliphatic rings. The summed E-state index contributed by atoms with van der Waals surface area (Å²) in [4.78, 5) is 0. The van der Waals surface area contributed by atoms with Gasteiger partial charge in [-0.05, 0) is 38.0 Å². The SMILES string of the molecule is CCn1cc([C@@H]2OCC[C@H]2CN[C@H](C)c2cccc(F)c2)cn1. The number of halogens is 1. The molecule has 4 nitrogen and oxygen atoms in total. The van der Waals surface area contributed by atoms with Gasteiger partial charge >= 0.3 is 0 Å². The lowest BCUT2D eigenvalue weighted by Crippen LogP contribution is -2.27. The van der Waals surface area contributed by atoms with Crippen LogP contribution < -0.4 is 5.32 Å². The van der Waals surface area contributed by atoms with Gasteiger partial charge in [-0.1, -0.05) is 12.1 Å². The van der Waals surface area contributed by atoms with Gasteiger partial charge in [-0.15, -0.1) is 0 Å². The summed E-state index contributed by atoms with van der Waals surface area (Å²) in [6.45, 7) is 6.63. The van der Waals surface area contributed by atoms with Crippen molar-refractivity contribution in [3.63, 3.8) is 0 Å². The molecule has 1 fully saturated rings. The van der Waals surface area contributed by atoms with Crippen molar-refractivity contribution in [2.75, 3.05) is 13.2 Å². The molecule has 0 amide bonds. The Hall–Kier alpha value is -1.72. The zero-order valence-electron chi connectivity index (χ0n) is 13.7. The van der Waals surface area contributed by atoms with Crippen molar-refractivity contribution in [1.29, 1.82) is 0 Å². The fourth-order valence-electron chi connectivity index (χ4n) is 3.13. The third-order valence-corrected chi connectivity index (χ3v) is 4.55. The van der Waals surface area contributed by atoms with E-state index in [0.717, 1.165) is 37.2 Å². The molecule has 0 spiro atoms. The van der Waals surface area contributed by atoms with Gasteiger partial charge in [0.05, 0.1) is 12.3 Å². The molecule has 2 heterocycles. The summed E-state index contributed by atoms with van der Waals surface area (Å²) in [6, 6.07) is 6.89. The van der Waals surface area contributed by atoms with Gasteiger partial charge in [0.15, 0.2) is 0 Å². The minimum atomic E-state index is -0.190. The molecule has 23 heavy (non-hydrogen) atoms. The van der Waals surface area contributed by atoms with Crippen molar-refractivity contribution >= 4 is 0 Å². The molecule has 2 aromatic rings. The van der Waals surface area contributed by atoms with Crippen LogP contribution in [0.15, 0.2) is 36.7 Å². The highest BCUT2D eigenvalue weighted by Crippen LogP contribution is 2.34. The van der Waals surface area contributed by atoms with Gasteiger partial charge in [-0.3, -0.25) is 4.68 Å². The summed E-state index contributed by atoms with van der Waals surface area (Å²) < 4.78 is 21.2. The molecule has 5 heteroatoms. The van der Waals surface area contributed by atoms with Crippen LogP contribution in [0.2, 0.25) is 0 Å². The van der Waals surface area contributed by atoms with Gasteiger partial charge in [0.2, 0.25) is 0 Å². The largest absolute Gasteiger partial charge is 0.373 e. The lowest BCUT2D eigenvalue weighted by molar-refractivity contribution is 0.0898. The first-order valence-electron chi connectivity index (χ1n) is 8.30. The summed E-state index contributed by atoms with van der Waals surface area (Å²) in [7, 11) is 0. The smallest absolute Gasteiger partial charge is 0.123 e. The van der Waals surface area contributed by atoms with Gasteiger partial charge < -0.3 is 10.1 Å². The molecule has 0 unspecified atom stereocenters. The first-order chi connectivity index (χ1) is 11.2.